The minimum Gasteiger partial charge on any atom is -0.335 e. The number of amides is 1. The molecule has 9 nitrogen and oxygen atoms in total. The third-order valence-corrected chi connectivity index (χ3v) is 10.6. The van der Waals surface area contributed by atoms with Crippen molar-refractivity contribution in [3.8, 4) is 11.4 Å². The summed E-state index contributed by atoms with van der Waals surface area (Å²) in [6.07, 6.45) is 22.5. The molecule has 1 aliphatic heterocycles. The zero-order valence-electron chi connectivity index (χ0n) is 27.4. The topological polar surface area (TPSA) is 82.9 Å². The molecule has 2 unspecified atom stereocenters. The van der Waals surface area contributed by atoms with Crippen LogP contribution in [-0.4, -0.2) is 51.2 Å². The maximum Gasteiger partial charge on any atom is 0.337 e. The lowest BCUT2D eigenvalue weighted by molar-refractivity contribution is -0.137. The van der Waals surface area contributed by atoms with Crippen LogP contribution in [0.3, 0.4) is 0 Å². The lowest BCUT2D eigenvalue weighted by Crippen LogP contribution is -2.43. The predicted molar refractivity (Wildman–Crippen MR) is 198 cm³/mol. The zero-order chi connectivity index (χ0) is 33.8. The van der Waals surface area contributed by atoms with E-state index in [1.165, 1.54) is 34.6 Å². The number of carbonyl (C=O) groups is 1. The summed E-state index contributed by atoms with van der Waals surface area (Å²) in [6.45, 7) is 9.05. The number of aryl methyl sites for hydroxylation is 1. The molecule has 1 aliphatic carbocycles. The van der Waals surface area contributed by atoms with Crippen LogP contribution in [0.15, 0.2) is 79.1 Å². The van der Waals surface area contributed by atoms with E-state index in [1.807, 2.05) is 21.7 Å². The molecule has 0 N–H and O–H groups in total. The van der Waals surface area contributed by atoms with E-state index in [9.17, 15) is 9.59 Å². The summed E-state index contributed by atoms with van der Waals surface area (Å²) in [5.41, 5.74) is 2.92. The molecule has 6 rings (SSSR count). The van der Waals surface area contributed by atoms with Crippen molar-refractivity contribution in [2.45, 2.75) is 70.3 Å². The maximum absolute atomic E-state index is 15.8. The largest absolute Gasteiger partial charge is 0.337 e. The van der Waals surface area contributed by atoms with Gasteiger partial charge in [0.25, 0.3) is 0 Å². The van der Waals surface area contributed by atoms with E-state index in [-0.39, 0.29) is 23.3 Å². The number of halogens is 2. The molecule has 1 fully saturated rings. The quantitative estimate of drug-likeness (QED) is 0.109. The van der Waals surface area contributed by atoms with Crippen molar-refractivity contribution >= 4 is 49.9 Å². The number of rotatable bonds is 8. The molecule has 0 bridgehead atoms. The molecule has 48 heavy (non-hydrogen) atoms. The number of imidazole rings is 1. The van der Waals surface area contributed by atoms with Crippen LogP contribution in [0.4, 0.5) is 4.39 Å². The first-order valence-corrected chi connectivity index (χ1v) is 18.0. The van der Waals surface area contributed by atoms with Gasteiger partial charge in [0, 0.05) is 37.5 Å². The molecule has 1 aromatic carbocycles. The van der Waals surface area contributed by atoms with Gasteiger partial charge in [-0.1, -0.05) is 88.5 Å². The summed E-state index contributed by atoms with van der Waals surface area (Å²) in [4.78, 5) is 30.5. The van der Waals surface area contributed by atoms with Crippen LogP contribution in [0.2, 0.25) is 5.82 Å². The molecule has 1 saturated carbocycles. The van der Waals surface area contributed by atoms with E-state index < -0.39 is 11.5 Å². The van der Waals surface area contributed by atoms with Crippen molar-refractivity contribution in [2.75, 3.05) is 6.54 Å². The average molecular weight is 760 g/mol. The van der Waals surface area contributed by atoms with Gasteiger partial charge in [-0.25, -0.2) is 9.18 Å². The van der Waals surface area contributed by atoms with Gasteiger partial charge in [-0.3, -0.25) is 23.3 Å². The van der Waals surface area contributed by atoms with Crippen LogP contribution in [0.25, 0.3) is 27.9 Å². The highest BCUT2D eigenvalue weighted by molar-refractivity contribution is 14.1. The minimum atomic E-state index is -0.525. The fourth-order valence-corrected chi connectivity index (χ4v) is 7.97. The lowest BCUT2D eigenvalue weighted by Gasteiger charge is -2.34. The lowest BCUT2D eigenvalue weighted by atomic mass is 9.70. The van der Waals surface area contributed by atoms with Crippen molar-refractivity contribution in [3.05, 3.63) is 102 Å². The highest BCUT2D eigenvalue weighted by Gasteiger charge is 2.35. The van der Waals surface area contributed by atoms with Gasteiger partial charge < -0.3 is 4.90 Å². The smallest absolute Gasteiger partial charge is 0.335 e. The number of fused-ring (bicyclic) bond motifs is 2. The van der Waals surface area contributed by atoms with Crippen molar-refractivity contribution in [1.29, 1.82) is 0 Å². The fourth-order valence-electron chi connectivity index (χ4n) is 7.11. The molecule has 4 heterocycles. The normalized spacial score (nSPS) is 19.4. The monoisotopic (exact) mass is 760 g/mol. The SMILES string of the molecule is C=C/C=C\C(=C/C=C)c1nn2c(c1-n1ccn(-c3ccc4c(cnn4C)c3F)c1=O)CN(C(=O)C1CCCCCCCCC1[B]I)CC2. The molecule has 4 aromatic rings. The van der Waals surface area contributed by atoms with E-state index in [0.29, 0.717) is 41.9 Å². The van der Waals surface area contributed by atoms with Crippen LogP contribution >= 0.6 is 22.4 Å². The summed E-state index contributed by atoms with van der Waals surface area (Å²) in [7, 11) is 1.75. The van der Waals surface area contributed by atoms with Crippen LogP contribution in [0.5, 0.6) is 0 Å². The summed E-state index contributed by atoms with van der Waals surface area (Å²) < 4.78 is 22.1. The van der Waals surface area contributed by atoms with Gasteiger partial charge in [-0.2, -0.15) is 32.6 Å². The Balaban J connectivity index is 1.43. The zero-order valence-corrected chi connectivity index (χ0v) is 29.6. The standard InChI is InChI=1S/C36H41BFIN7O2/c1-4-6-14-25(13-5-2)33-34(45-21-20-44(36(45)48)30-18-17-29-27(32(30)38)23-40-42(29)3)31-24-43(19-22-46(31)41-33)35(47)26-15-11-9-7-8-10-12-16-28(26)37-39/h4-6,13-14,17-18,20-21,23,26,28H,1-2,7-12,15-16,19,22,24H2,3H3/b14-6-,25-13+. The average Bonchev–Trinajstić information content (AvgIpc) is 3.79. The second-order valence-electron chi connectivity index (χ2n) is 12.6. The van der Waals surface area contributed by atoms with E-state index >= 15 is 4.39 Å². The van der Waals surface area contributed by atoms with Gasteiger partial charge in [0.1, 0.15) is 11.4 Å². The van der Waals surface area contributed by atoms with Gasteiger partial charge in [0.2, 0.25) is 11.0 Å². The van der Waals surface area contributed by atoms with E-state index in [1.54, 1.807) is 54.5 Å². The number of nitrogens with zero attached hydrogens (tertiary/aromatic N) is 7. The van der Waals surface area contributed by atoms with E-state index in [4.69, 9.17) is 5.10 Å². The Bertz CT molecular complexity index is 1950. The Morgan fingerprint density at radius 1 is 1.04 bits per heavy atom. The van der Waals surface area contributed by atoms with Gasteiger partial charge in [0.15, 0.2) is 5.82 Å². The molecular weight excluding hydrogens is 719 g/mol. The van der Waals surface area contributed by atoms with Gasteiger partial charge in [-0.05, 0) is 24.4 Å². The molecule has 3 aromatic heterocycles. The number of carbonyl (C=O) groups excluding carboxylic acids is 1. The van der Waals surface area contributed by atoms with Gasteiger partial charge in [-0.15, -0.1) is 0 Å². The Labute approximate surface area is 294 Å². The minimum absolute atomic E-state index is 0.0710. The first-order valence-electron chi connectivity index (χ1n) is 16.7. The number of benzene rings is 1. The van der Waals surface area contributed by atoms with Gasteiger partial charge in [0.05, 0.1) is 41.6 Å². The number of hydrogen-bond acceptors (Lipinski definition) is 4. The molecule has 2 atom stereocenters. The molecule has 2 aliphatic rings. The Morgan fingerprint density at radius 3 is 2.54 bits per heavy atom. The predicted octanol–water partition coefficient (Wildman–Crippen LogP) is 7.10. The van der Waals surface area contributed by atoms with Crippen molar-refractivity contribution < 1.29 is 9.18 Å². The van der Waals surface area contributed by atoms with Crippen LogP contribution in [-0.2, 0) is 24.9 Å². The second kappa shape index (κ2) is 15.1. The van der Waals surface area contributed by atoms with Crippen molar-refractivity contribution in [2.24, 2.45) is 13.0 Å². The first-order chi connectivity index (χ1) is 23.4. The Kier molecular flexibility index (Phi) is 10.7. The second-order valence-corrected chi connectivity index (χ2v) is 13.3. The molecule has 1 radical (unpaired) electrons. The highest BCUT2D eigenvalue weighted by atomic mass is 127. The molecule has 0 spiro atoms. The number of hydrogen-bond donors (Lipinski definition) is 0. The van der Waals surface area contributed by atoms with Crippen molar-refractivity contribution in [3.63, 3.8) is 0 Å². The summed E-state index contributed by atoms with van der Waals surface area (Å²) >= 11 is 2.33. The fraction of sp³-hybridized carbons (Fsp3) is 0.389. The number of allylic oxidation sites excluding steroid dienone is 6. The molecule has 249 valence electrons. The third-order valence-electron chi connectivity index (χ3n) is 9.67. The van der Waals surface area contributed by atoms with E-state index in [2.05, 4.69) is 45.8 Å². The van der Waals surface area contributed by atoms with Gasteiger partial charge >= 0.3 is 5.69 Å². The molecule has 1 amide bonds. The summed E-state index contributed by atoms with van der Waals surface area (Å²) in [5, 5.41) is 11.7. The Hall–Kier alpha value is -3.94. The molecule has 0 saturated heterocycles. The summed E-state index contributed by atoms with van der Waals surface area (Å²) in [6, 6.07) is 3.35. The number of aromatic nitrogens is 6. The van der Waals surface area contributed by atoms with Crippen molar-refractivity contribution in [1.82, 2.24) is 33.6 Å². The maximum atomic E-state index is 15.8. The summed E-state index contributed by atoms with van der Waals surface area (Å²) in [5.74, 6) is -0.201. The molecule has 12 heteroatoms. The van der Waals surface area contributed by atoms with Crippen LogP contribution < -0.4 is 5.69 Å². The molecular formula is C36H41BFIN7O2. The first kappa shape index (κ1) is 33.9. The van der Waals surface area contributed by atoms with Crippen LogP contribution in [0, 0.1) is 11.7 Å². The Morgan fingerprint density at radius 2 is 1.79 bits per heavy atom. The van der Waals surface area contributed by atoms with E-state index in [0.717, 1.165) is 43.4 Å². The highest BCUT2D eigenvalue weighted by Crippen LogP contribution is 2.36. The third kappa shape index (κ3) is 6.55. The van der Waals surface area contributed by atoms with Crippen LogP contribution in [0.1, 0.15) is 62.8 Å².